The number of carbonyl (C=O) groups is 1. The van der Waals surface area contributed by atoms with Gasteiger partial charge in [0.1, 0.15) is 11.3 Å². The normalized spacial score (nSPS) is 11.9. The molecule has 0 aliphatic rings. The van der Waals surface area contributed by atoms with Crippen LogP contribution >= 0.6 is 0 Å². The van der Waals surface area contributed by atoms with Gasteiger partial charge in [-0.25, -0.2) is 4.79 Å². The van der Waals surface area contributed by atoms with E-state index < -0.39 is 5.97 Å². The number of methoxy groups -OCH3 is 1. The molecule has 0 fully saturated rings. The molecule has 0 saturated heterocycles. The second-order valence-corrected chi connectivity index (χ2v) is 5.52. The van der Waals surface area contributed by atoms with E-state index in [0.29, 0.717) is 5.56 Å². The van der Waals surface area contributed by atoms with Crippen LogP contribution in [-0.4, -0.2) is 18.2 Å². The molecule has 3 heteroatoms. The molecule has 1 atom stereocenters. The number of benzene rings is 3. The monoisotopic (exact) mass is 318 g/mol. The third-order valence-electron chi connectivity index (χ3n) is 4.17. The van der Waals surface area contributed by atoms with Crippen molar-refractivity contribution in [3.8, 4) is 5.75 Å². The van der Waals surface area contributed by atoms with Crippen molar-refractivity contribution in [1.82, 2.24) is 0 Å². The maximum atomic E-state index is 12.1. The second-order valence-electron chi connectivity index (χ2n) is 5.52. The van der Waals surface area contributed by atoms with Crippen molar-refractivity contribution in [2.75, 3.05) is 7.11 Å². The highest BCUT2D eigenvalue weighted by Crippen LogP contribution is 2.40. The number of phenolic OH excluding ortho intramolecular Hbond substituents is 1. The number of rotatable bonds is 4. The third kappa shape index (κ3) is 2.65. The molecule has 3 rings (SSSR count). The molecule has 0 spiro atoms. The first kappa shape index (κ1) is 15.8. The molecule has 120 valence electrons. The molecule has 0 heterocycles. The van der Waals surface area contributed by atoms with Crippen LogP contribution in [0.15, 0.2) is 73.3 Å². The Labute approximate surface area is 140 Å². The number of esters is 1. The Morgan fingerprint density at radius 3 is 2.46 bits per heavy atom. The molecular formula is C21H18O3. The summed E-state index contributed by atoms with van der Waals surface area (Å²) in [5.74, 6) is -0.856. The maximum Gasteiger partial charge on any atom is 0.341 e. The zero-order valence-electron chi connectivity index (χ0n) is 13.4. The lowest BCUT2D eigenvalue weighted by molar-refractivity contribution is 0.0597. The summed E-state index contributed by atoms with van der Waals surface area (Å²) < 4.78 is 4.82. The summed E-state index contributed by atoms with van der Waals surface area (Å²) >= 11 is 0. The summed E-state index contributed by atoms with van der Waals surface area (Å²) in [6, 6.07) is 19.1. The molecule has 0 saturated carbocycles. The van der Waals surface area contributed by atoms with Gasteiger partial charge in [0.2, 0.25) is 0 Å². The largest absolute Gasteiger partial charge is 0.507 e. The fraction of sp³-hybridized carbons (Fsp3) is 0.0952. The van der Waals surface area contributed by atoms with E-state index in [-0.39, 0.29) is 17.2 Å². The first-order valence-corrected chi connectivity index (χ1v) is 7.67. The molecule has 0 radical (unpaired) electrons. The predicted molar refractivity (Wildman–Crippen MR) is 95.4 cm³/mol. The SMILES string of the molecule is C=C[C@H](c1ccccc1)c1c(O)c(C(=O)OC)cc2ccccc12. The third-order valence-corrected chi connectivity index (χ3v) is 4.17. The Morgan fingerprint density at radius 2 is 1.79 bits per heavy atom. The number of fused-ring (bicyclic) bond motifs is 1. The van der Waals surface area contributed by atoms with Crippen LogP contribution in [0.2, 0.25) is 0 Å². The van der Waals surface area contributed by atoms with Crippen LogP contribution in [0.4, 0.5) is 0 Å². The number of aromatic hydroxyl groups is 1. The first-order valence-electron chi connectivity index (χ1n) is 7.67. The molecule has 0 unspecified atom stereocenters. The van der Waals surface area contributed by atoms with Gasteiger partial charge in [0.25, 0.3) is 0 Å². The van der Waals surface area contributed by atoms with E-state index >= 15 is 0 Å². The second kappa shape index (κ2) is 6.59. The van der Waals surface area contributed by atoms with Crippen LogP contribution in [0.1, 0.15) is 27.4 Å². The van der Waals surface area contributed by atoms with Crippen molar-refractivity contribution in [3.63, 3.8) is 0 Å². The Morgan fingerprint density at radius 1 is 1.12 bits per heavy atom. The molecule has 3 aromatic rings. The summed E-state index contributed by atoms with van der Waals surface area (Å²) in [5, 5.41) is 12.6. The minimum absolute atomic E-state index is 0.0608. The van der Waals surface area contributed by atoms with Crippen LogP contribution in [0.3, 0.4) is 0 Å². The van der Waals surface area contributed by atoms with E-state index in [1.54, 1.807) is 12.1 Å². The van der Waals surface area contributed by atoms with Gasteiger partial charge in [-0.2, -0.15) is 0 Å². The van der Waals surface area contributed by atoms with Gasteiger partial charge in [-0.3, -0.25) is 0 Å². The van der Waals surface area contributed by atoms with Crippen LogP contribution in [0.25, 0.3) is 10.8 Å². The lowest BCUT2D eigenvalue weighted by Crippen LogP contribution is -2.06. The maximum absolute atomic E-state index is 12.1. The van der Waals surface area contributed by atoms with E-state index in [9.17, 15) is 9.90 Å². The quantitative estimate of drug-likeness (QED) is 0.562. The van der Waals surface area contributed by atoms with Gasteiger partial charge in [-0.05, 0) is 22.4 Å². The van der Waals surface area contributed by atoms with E-state index in [1.807, 2.05) is 54.6 Å². The molecule has 24 heavy (non-hydrogen) atoms. The Kier molecular flexibility index (Phi) is 4.34. The molecule has 1 N–H and O–H groups in total. The standard InChI is InChI=1S/C21H18O3/c1-3-16(14-9-5-4-6-10-14)19-17-12-8-7-11-15(17)13-18(20(19)22)21(23)24-2/h3-13,16,22H,1H2,2H3/t16-/m1/s1. The molecule has 0 aliphatic heterocycles. The number of ether oxygens (including phenoxy) is 1. The predicted octanol–water partition coefficient (Wildman–Crippen LogP) is 4.65. The minimum atomic E-state index is -0.560. The summed E-state index contributed by atoms with van der Waals surface area (Å²) in [5.41, 5.74) is 1.82. The van der Waals surface area contributed by atoms with Crippen molar-refractivity contribution in [3.05, 3.63) is 90.0 Å². The molecule has 3 aromatic carbocycles. The highest BCUT2D eigenvalue weighted by molar-refractivity contribution is 6.01. The molecule has 0 bridgehead atoms. The highest BCUT2D eigenvalue weighted by atomic mass is 16.5. The van der Waals surface area contributed by atoms with Crippen molar-refractivity contribution in [2.45, 2.75) is 5.92 Å². The molecule has 3 nitrogen and oxygen atoms in total. The summed E-state index contributed by atoms with van der Waals surface area (Å²) in [6.45, 7) is 3.93. The zero-order chi connectivity index (χ0) is 17.1. The number of hydrogen-bond acceptors (Lipinski definition) is 3. The van der Waals surface area contributed by atoms with Gasteiger partial charge in [-0.1, -0.05) is 60.7 Å². The van der Waals surface area contributed by atoms with E-state index in [1.165, 1.54) is 7.11 Å². The Bertz CT molecular complexity index is 898. The smallest absolute Gasteiger partial charge is 0.341 e. The van der Waals surface area contributed by atoms with Crippen molar-refractivity contribution >= 4 is 16.7 Å². The van der Waals surface area contributed by atoms with Crippen molar-refractivity contribution in [1.29, 1.82) is 0 Å². The Hall–Kier alpha value is -3.07. The summed E-state index contributed by atoms with van der Waals surface area (Å²) in [6.07, 6.45) is 1.78. The summed E-state index contributed by atoms with van der Waals surface area (Å²) in [7, 11) is 1.30. The van der Waals surface area contributed by atoms with Gasteiger partial charge in [0, 0.05) is 11.5 Å². The highest BCUT2D eigenvalue weighted by Gasteiger charge is 2.23. The molecule has 0 amide bonds. The van der Waals surface area contributed by atoms with Crippen LogP contribution in [0, 0.1) is 0 Å². The van der Waals surface area contributed by atoms with Crippen LogP contribution in [-0.2, 0) is 4.74 Å². The minimum Gasteiger partial charge on any atom is -0.507 e. The van der Waals surface area contributed by atoms with Gasteiger partial charge in [-0.15, -0.1) is 6.58 Å². The number of hydrogen-bond donors (Lipinski definition) is 1. The summed E-state index contributed by atoms with van der Waals surface area (Å²) in [4.78, 5) is 12.1. The Balaban J connectivity index is 2.34. The van der Waals surface area contributed by atoms with Gasteiger partial charge < -0.3 is 9.84 Å². The van der Waals surface area contributed by atoms with Gasteiger partial charge >= 0.3 is 5.97 Å². The average Bonchev–Trinajstić information content (AvgIpc) is 2.64. The first-order chi connectivity index (χ1) is 11.7. The number of phenols is 1. The zero-order valence-corrected chi connectivity index (χ0v) is 13.4. The fourth-order valence-electron chi connectivity index (χ4n) is 3.03. The van der Waals surface area contributed by atoms with E-state index in [0.717, 1.165) is 16.3 Å². The molecular weight excluding hydrogens is 300 g/mol. The molecule has 0 aromatic heterocycles. The van der Waals surface area contributed by atoms with Gasteiger partial charge in [0.05, 0.1) is 7.11 Å². The van der Waals surface area contributed by atoms with Crippen LogP contribution in [0.5, 0.6) is 5.75 Å². The lowest BCUT2D eigenvalue weighted by Gasteiger charge is -2.19. The number of carbonyl (C=O) groups excluding carboxylic acids is 1. The average molecular weight is 318 g/mol. The fourth-order valence-corrected chi connectivity index (χ4v) is 3.03. The van der Waals surface area contributed by atoms with Gasteiger partial charge in [0.15, 0.2) is 0 Å². The number of allylic oxidation sites excluding steroid dienone is 1. The van der Waals surface area contributed by atoms with E-state index in [4.69, 9.17) is 4.74 Å². The van der Waals surface area contributed by atoms with Crippen molar-refractivity contribution < 1.29 is 14.6 Å². The lowest BCUT2D eigenvalue weighted by atomic mass is 9.85. The van der Waals surface area contributed by atoms with Crippen LogP contribution < -0.4 is 0 Å². The topological polar surface area (TPSA) is 46.5 Å². The molecule has 0 aliphatic carbocycles. The van der Waals surface area contributed by atoms with E-state index in [2.05, 4.69) is 6.58 Å². The van der Waals surface area contributed by atoms with Crippen molar-refractivity contribution in [2.24, 2.45) is 0 Å².